The maximum absolute atomic E-state index is 11.5. The van der Waals surface area contributed by atoms with Crippen LogP contribution in [-0.2, 0) is 9.59 Å². The van der Waals surface area contributed by atoms with Gasteiger partial charge in [0.25, 0.3) is 0 Å². The van der Waals surface area contributed by atoms with Gasteiger partial charge in [-0.2, -0.15) is 0 Å². The van der Waals surface area contributed by atoms with Crippen LogP contribution >= 0.6 is 0 Å². The van der Waals surface area contributed by atoms with Gasteiger partial charge in [0, 0.05) is 6.54 Å². The Morgan fingerprint density at radius 2 is 1.69 bits per heavy atom. The molecule has 0 spiro atoms. The normalized spacial score (nSPS) is 14.9. The summed E-state index contributed by atoms with van der Waals surface area (Å²) in [7, 11) is 0. The fourth-order valence-electron chi connectivity index (χ4n) is 1.24. The second-order valence-corrected chi connectivity index (χ2v) is 4.70. The minimum Gasteiger partial charge on any atom is -0.481 e. The Bertz CT molecular complexity index is 252. The van der Waals surface area contributed by atoms with Gasteiger partial charge >= 0.3 is 5.97 Å². The predicted octanol–water partition coefficient (Wildman–Crippen LogP) is 0.443. The van der Waals surface area contributed by atoms with Crippen molar-refractivity contribution in [1.82, 2.24) is 5.32 Å². The van der Waals surface area contributed by atoms with Crippen LogP contribution < -0.4 is 11.1 Å². The maximum Gasteiger partial charge on any atom is 0.308 e. The second kappa shape index (κ2) is 6.48. The van der Waals surface area contributed by atoms with E-state index in [4.69, 9.17) is 10.8 Å². The highest BCUT2D eigenvalue weighted by atomic mass is 16.4. The van der Waals surface area contributed by atoms with E-state index in [1.165, 1.54) is 0 Å². The van der Waals surface area contributed by atoms with Crippen molar-refractivity contribution in [1.29, 1.82) is 0 Å². The number of amides is 1. The minimum atomic E-state index is -0.895. The van der Waals surface area contributed by atoms with Crippen molar-refractivity contribution in [2.75, 3.05) is 6.54 Å². The van der Waals surface area contributed by atoms with Gasteiger partial charge in [-0.15, -0.1) is 0 Å². The average Bonchev–Trinajstić information content (AvgIpc) is 2.15. The lowest BCUT2D eigenvalue weighted by molar-refractivity contribution is -0.143. The van der Waals surface area contributed by atoms with Crippen LogP contribution in [0.2, 0.25) is 0 Å². The third-order valence-corrected chi connectivity index (χ3v) is 2.64. The zero-order chi connectivity index (χ0) is 12.9. The summed E-state index contributed by atoms with van der Waals surface area (Å²) in [5.74, 6) is -1.73. The van der Waals surface area contributed by atoms with Crippen molar-refractivity contribution in [2.45, 2.75) is 33.7 Å². The largest absolute Gasteiger partial charge is 0.481 e. The zero-order valence-electron chi connectivity index (χ0n) is 10.4. The molecule has 16 heavy (non-hydrogen) atoms. The highest BCUT2D eigenvalue weighted by molar-refractivity contribution is 5.82. The van der Waals surface area contributed by atoms with Crippen LogP contribution in [-0.4, -0.2) is 29.6 Å². The minimum absolute atomic E-state index is 0.0203. The fraction of sp³-hybridized carbons (Fsp3) is 0.818. The third-order valence-electron chi connectivity index (χ3n) is 2.64. The monoisotopic (exact) mass is 230 g/mol. The average molecular weight is 230 g/mol. The van der Waals surface area contributed by atoms with E-state index in [0.29, 0.717) is 0 Å². The molecule has 0 aliphatic rings. The molecule has 0 aromatic heterocycles. The smallest absolute Gasteiger partial charge is 0.308 e. The van der Waals surface area contributed by atoms with Crippen molar-refractivity contribution < 1.29 is 14.7 Å². The topological polar surface area (TPSA) is 92.4 Å². The first-order valence-corrected chi connectivity index (χ1v) is 5.53. The molecule has 0 aromatic rings. The predicted molar refractivity (Wildman–Crippen MR) is 61.8 cm³/mol. The SMILES string of the molecule is CC(C)C(CNC(=O)[C@@H](N)C(C)C)C(=O)O. The van der Waals surface area contributed by atoms with Gasteiger partial charge in [-0.3, -0.25) is 9.59 Å². The van der Waals surface area contributed by atoms with Crippen molar-refractivity contribution in [3.8, 4) is 0 Å². The van der Waals surface area contributed by atoms with E-state index in [1.807, 2.05) is 27.7 Å². The van der Waals surface area contributed by atoms with Gasteiger partial charge in [0.15, 0.2) is 0 Å². The molecule has 0 aliphatic carbocycles. The molecule has 0 aliphatic heterocycles. The highest BCUT2D eigenvalue weighted by Gasteiger charge is 2.24. The van der Waals surface area contributed by atoms with Crippen molar-refractivity contribution in [2.24, 2.45) is 23.5 Å². The summed E-state index contributed by atoms with van der Waals surface area (Å²) in [6.45, 7) is 7.45. The first kappa shape index (κ1) is 14.9. The highest BCUT2D eigenvalue weighted by Crippen LogP contribution is 2.10. The summed E-state index contributed by atoms with van der Waals surface area (Å²) in [5.41, 5.74) is 5.64. The van der Waals surface area contributed by atoms with Crippen LogP contribution in [0, 0.1) is 17.8 Å². The lowest BCUT2D eigenvalue weighted by Crippen LogP contribution is -2.46. The number of rotatable bonds is 6. The summed E-state index contributed by atoms with van der Waals surface area (Å²) >= 11 is 0. The molecule has 1 amide bonds. The molecule has 0 rings (SSSR count). The van der Waals surface area contributed by atoms with Crippen LogP contribution in [0.25, 0.3) is 0 Å². The van der Waals surface area contributed by atoms with E-state index in [0.717, 1.165) is 0 Å². The standard InChI is InChI=1S/C11H22N2O3/c1-6(2)8(11(15)16)5-13-10(14)9(12)7(3)4/h6-9H,5,12H2,1-4H3,(H,13,14)(H,15,16)/t8?,9-/m0/s1. The summed E-state index contributed by atoms with van der Waals surface area (Å²) in [6.07, 6.45) is 0. The molecular formula is C11H22N2O3. The maximum atomic E-state index is 11.5. The molecule has 0 bridgehead atoms. The lowest BCUT2D eigenvalue weighted by atomic mass is 9.95. The number of carboxylic acids is 1. The number of aliphatic carboxylic acids is 1. The molecule has 0 fully saturated rings. The van der Waals surface area contributed by atoms with Crippen LogP contribution in [0.15, 0.2) is 0 Å². The Morgan fingerprint density at radius 1 is 1.19 bits per heavy atom. The van der Waals surface area contributed by atoms with E-state index in [2.05, 4.69) is 5.32 Å². The third kappa shape index (κ3) is 4.61. The molecule has 5 heteroatoms. The number of hydrogen-bond donors (Lipinski definition) is 3. The van der Waals surface area contributed by atoms with Gasteiger partial charge in [-0.1, -0.05) is 27.7 Å². The van der Waals surface area contributed by atoms with E-state index < -0.39 is 17.9 Å². The zero-order valence-corrected chi connectivity index (χ0v) is 10.4. The van der Waals surface area contributed by atoms with Crippen molar-refractivity contribution in [3.63, 3.8) is 0 Å². The molecule has 5 nitrogen and oxygen atoms in total. The summed E-state index contributed by atoms with van der Waals surface area (Å²) in [4.78, 5) is 22.4. The molecule has 2 atom stereocenters. The molecular weight excluding hydrogens is 208 g/mol. The Balaban J connectivity index is 4.22. The number of carboxylic acid groups (broad SMARTS) is 1. The molecule has 94 valence electrons. The Kier molecular flexibility index (Phi) is 6.03. The molecule has 0 aromatic carbocycles. The van der Waals surface area contributed by atoms with E-state index in [1.54, 1.807) is 0 Å². The molecule has 1 unspecified atom stereocenters. The van der Waals surface area contributed by atoms with Gasteiger partial charge in [-0.25, -0.2) is 0 Å². The Hall–Kier alpha value is -1.10. The number of carbonyl (C=O) groups excluding carboxylic acids is 1. The second-order valence-electron chi connectivity index (χ2n) is 4.70. The van der Waals surface area contributed by atoms with Gasteiger partial charge in [0.2, 0.25) is 5.91 Å². The van der Waals surface area contributed by atoms with Crippen LogP contribution in [0.5, 0.6) is 0 Å². The molecule has 4 N–H and O–H groups in total. The summed E-state index contributed by atoms with van der Waals surface area (Å²) < 4.78 is 0. The number of nitrogens with two attached hydrogens (primary N) is 1. The number of hydrogen-bond acceptors (Lipinski definition) is 3. The molecule has 0 heterocycles. The molecule has 0 saturated heterocycles. The van der Waals surface area contributed by atoms with E-state index in [9.17, 15) is 9.59 Å². The van der Waals surface area contributed by atoms with Crippen LogP contribution in [0.4, 0.5) is 0 Å². The van der Waals surface area contributed by atoms with Gasteiger partial charge in [-0.05, 0) is 11.8 Å². The van der Waals surface area contributed by atoms with Crippen LogP contribution in [0.3, 0.4) is 0 Å². The van der Waals surface area contributed by atoms with Crippen molar-refractivity contribution >= 4 is 11.9 Å². The van der Waals surface area contributed by atoms with E-state index >= 15 is 0 Å². The quantitative estimate of drug-likeness (QED) is 0.617. The fourth-order valence-corrected chi connectivity index (χ4v) is 1.24. The first-order chi connectivity index (χ1) is 7.27. The molecule has 0 radical (unpaired) electrons. The van der Waals surface area contributed by atoms with E-state index in [-0.39, 0.29) is 24.3 Å². The summed E-state index contributed by atoms with van der Waals surface area (Å²) in [6, 6.07) is -0.582. The Labute approximate surface area is 96.4 Å². The van der Waals surface area contributed by atoms with Gasteiger partial charge in [0.1, 0.15) is 0 Å². The van der Waals surface area contributed by atoms with Crippen LogP contribution in [0.1, 0.15) is 27.7 Å². The van der Waals surface area contributed by atoms with Crippen molar-refractivity contribution in [3.05, 3.63) is 0 Å². The lowest BCUT2D eigenvalue weighted by Gasteiger charge is -2.20. The summed E-state index contributed by atoms with van der Waals surface area (Å²) in [5, 5.41) is 11.5. The molecule has 0 saturated carbocycles. The van der Waals surface area contributed by atoms with Gasteiger partial charge in [0.05, 0.1) is 12.0 Å². The number of nitrogens with one attached hydrogen (secondary N) is 1. The Morgan fingerprint density at radius 3 is 2.00 bits per heavy atom. The first-order valence-electron chi connectivity index (χ1n) is 5.53. The van der Waals surface area contributed by atoms with Gasteiger partial charge < -0.3 is 16.2 Å². The number of carbonyl (C=O) groups is 2.